The van der Waals surface area contributed by atoms with E-state index < -0.39 is 10.1 Å². The van der Waals surface area contributed by atoms with E-state index in [9.17, 15) is 8.42 Å². The van der Waals surface area contributed by atoms with E-state index in [4.69, 9.17) is 4.55 Å². The molecule has 0 amide bonds. The van der Waals surface area contributed by atoms with Gasteiger partial charge in [0.2, 0.25) is 0 Å². The Morgan fingerprint density at radius 3 is 2.00 bits per heavy atom. The molecule has 0 unspecified atom stereocenters. The van der Waals surface area contributed by atoms with Crippen LogP contribution in [0.3, 0.4) is 0 Å². The van der Waals surface area contributed by atoms with Gasteiger partial charge in [0.25, 0.3) is 10.1 Å². The third-order valence-corrected chi connectivity index (χ3v) is 0.985. The molecule has 0 rings (SSSR count). The third-order valence-electron chi connectivity index (χ3n) is 0.328. The monoisotopic (exact) mass is 334 g/mol. The van der Waals surface area contributed by atoms with E-state index in [2.05, 4.69) is 6.58 Å². The van der Waals surface area contributed by atoms with E-state index in [0.29, 0.717) is 0 Å². The molecule has 8 heavy (non-hydrogen) atoms. The summed E-state index contributed by atoms with van der Waals surface area (Å²) in [7, 11) is -3.79. The van der Waals surface area contributed by atoms with Crippen LogP contribution in [0, 0.1) is 0 Å². The van der Waals surface area contributed by atoms with Crippen LogP contribution in [0.15, 0.2) is 12.7 Å². The van der Waals surface area contributed by atoms with E-state index in [0.717, 1.165) is 6.08 Å². The van der Waals surface area contributed by atoms with Gasteiger partial charge in [0, 0.05) is 0 Å². The molecule has 0 radical (unpaired) electrons. The molecule has 0 bridgehead atoms. The summed E-state index contributed by atoms with van der Waals surface area (Å²) in [5.74, 6) is -0.368. The molecular formula is C3H9BiO3S. The predicted molar refractivity (Wildman–Crippen MR) is 36.6 cm³/mol. The van der Waals surface area contributed by atoms with Gasteiger partial charge in [-0.15, -0.1) is 6.58 Å². The second-order valence-electron chi connectivity index (χ2n) is 1.04. The van der Waals surface area contributed by atoms with E-state index in [1.807, 2.05) is 0 Å². The molecule has 50 valence electrons. The van der Waals surface area contributed by atoms with Crippen molar-refractivity contribution < 1.29 is 13.0 Å². The molecule has 0 fully saturated rings. The first-order valence-corrected chi connectivity index (χ1v) is 3.23. The van der Waals surface area contributed by atoms with Crippen molar-refractivity contribution in [3.05, 3.63) is 12.7 Å². The maximum atomic E-state index is 9.72. The van der Waals surface area contributed by atoms with Gasteiger partial charge in [-0.25, -0.2) is 0 Å². The summed E-state index contributed by atoms with van der Waals surface area (Å²) in [6.45, 7) is 3.11. The summed E-state index contributed by atoms with van der Waals surface area (Å²) in [4.78, 5) is 0. The third kappa shape index (κ3) is 9.73. The zero-order valence-electron chi connectivity index (χ0n) is 4.37. The second kappa shape index (κ2) is 4.42. The Balaban J connectivity index is 0. The van der Waals surface area contributed by atoms with Gasteiger partial charge in [-0.2, -0.15) is 8.42 Å². The minimum absolute atomic E-state index is 0. The van der Waals surface area contributed by atoms with Gasteiger partial charge in [0.1, 0.15) is 0 Å². The number of hydrogen-bond donors (Lipinski definition) is 1. The Hall–Kier alpha value is 0.533. The molecule has 0 atom stereocenters. The van der Waals surface area contributed by atoms with Crippen molar-refractivity contribution >= 4 is 36.3 Å². The first-order chi connectivity index (χ1) is 3.06. The second-order valence-corrected chi connectivity index (χ2v) is 2.53. The van der Waals surface area contributed by atoms with Gasteiger partial charge in [-0.1, -0.05) is 6.08 Å². The van der Waals surface area contributed by atoms with E-state index in [1.54, 1.807) is 0 Å². The standard InChI is InChI=1S/C3H6O3S.Bi.3H/c1-2-3-7(4,5)6;;;;/h2H,1,3H2,(H,4,5,6);;;;. The molecule has 0 aliphatic heterocycles. The Bertz CT molecular complexity index is 148. The molecule has 0 heterocycles. The summed E-state index contributed by atoms with van der Waals surface area (Å²) < 4.78 is 27.3. The molecule has 0 saturated carbocycles. The van der Waals surface area contributed by atoms with Crippen LogP contribution in [0.25, 0.3) is 0 Å². The SMILES string of the molecule is C=CCS(=O)(=O)O.[BiH3]. The summed E-state index contributed by atoms with van der Waals surface area (Å²) in [6.07, 6.45) is 1.12. The predicted octanol–water partition coefficient (Wildman–Crippen LogP) is -1.12. The summed E-state index contributed by atoms with van der Waals surface area (Å²) in [6, 6.07) is 0. The van der Waals surface area contributed by atoms with Crippen molar-refractivity contribution in [2.75, 3.05) is 5.75 Å². The molecule has 0 aromatic rings. The first-order valence-electron chi connectivity index (χ1n) is 1.62. The summed E-state index contributed by atoms with van der Waals surface area (Å²) in [5.41, 5.74) is 0. The Morgan fingerprint density at radius 1 is 1.62 bits per heavy atom. The summed E-state index contributed by atoms with van der Waals surface area (Å²) >= 11 is 0. The molecule has 5 heteroatoms. The fourth-order valence-electron chi connectivity index (χ4n) is 0.149. The van der Waals surface area contributed by atoms with Gasteiger partial charge >= 0.3 is 26.2 Å². The molecule has 0 aliphatic rings. The fraction of sp³-hybridized carbons (Fsp3) is 0.333. The normalized spacial score (nSPS) is 9.62. The van der Waals surface area contributed by atoms with Crippen molar-refractivity contribution in [2.45, 2.75) is 0 Å². The number of rotatable bonds is 2. The van der Waals surface area contributed by atoms with Crippen molar-refractivity contribution in [1.29, 1.82) is 0 Å². The van der Waals surface area contributed by atoms with Crippen LogP contribution in [0.5, 0.6) is 0 Å². The van der Waals surface area contributed by atoms with E-state index in [1.165, 1.54) is 0 Å². The Labute approximate surface area is 67.7 Å². The van der Waals surface area contributed by atoms with Gasteiger partial charge in [-0.3, -0.25) is 4.55 Å². The summed E-state index contributed by atoms with van der Waals surface area (Å²) in [5, 5.41) is 0. The minimum atomic E-state index is -3.79. The van der Waals surface area contributed by atoms with Crippen LogP contribution >= 0.6 is 0 Å². The maximum absolute atomic E-state index is 9.72. The van der Waals surface area contributed by atoms with Crippen molar-refractivity contribution in [3.63, 3.8) is 0 Å². The quantitative estimate of drug-likeness (QED) is 0.395. The zero-order chi connectivity index (χ0) is 5.91. The van der Waals surface area contributed by atoms with Crippen molar-refractivity contribution in [1.82, 2.24) is 0 Å². The molecule has 0 aromatic heterocycles. The molecule has 1 N–H and O–H groups in total. The zero-order valence-corrected chi connectivity index (χ0v) is 10.7. The van der Waals surface area contributed by atoms with Crippen LogP contribution < -0.4 is 0 Å². The van der Waals surface area contributed by atoms with Crippen LogP contribution in [0.4, 0.5) is 0 Å². The fourth-order valence-corrected chi connectivity index (χ4v) is 0.447. The molecule has 0 aliphatic carbocycles. The molecular weight excluding hydrogens is 325 g/mol. The van der Waals surface area contributed by atoms with Crippen LogP contribution in [0.2, 0.25) is 0 Å². The number of hydrogen-bond acceptors (Lipinski definition) is 2. The van der Waals surface area contributed by atoms with E-state index >= 15 is 0 Å². The Kier molecular flexibility index (Phi) is 6.26. The van der Waals surface area contributed by atoms with Crippen molar-refractivity contribution in [2.24, 2.45) is 0 Å². The van der Waals surface area contributed by atoms with Crippen LogP contribution in [-0.2, 0) is 10.1 Å². The van der Waals surface area contributed by atoms with Crippen LogP contribution in [0.1, 0.15) is 0 Å². The molecule has 0 spiro atoms. The average Bonchev–Trinajstić information content (AvgIpc) is 1.30. The molecule has 0 aromatic carbocycles. The van der Waals surface area contributed by atoms with Gasteiger partial charge in [0.05, 0.1) is 5.75 Å². The van der Waals surface area contributed by atoms with Gasteiger partial charge in [-0.05, 0) is 0 Å². The van der Waals surface area contributed by atoms with E-state index in [-0.39, 0.29) is 32.0 Å². The first kappa shape index (κ1) is 11.3. The van der Waals surface area contributed by atoms with Gasteiger partial charge < -0.3 is 0 Å². The molecule has 3 nitrogen and oxygen atoms in total. The van der Waals surface area contributed by atoms with Crippen LogP contribution in [-0.4, -0.2) is 44.9 Å². The van der Waals surface area contributed by atoms with Gasteiger partial charge in [0.15, 0.2) is 0 Å². The Morgan fingerprint density at radius 2 is 2.00 bits per heavy atom. The molecule has 0 saturated heterocycles. The topological polar surface area (TPSA) is 54.4 Å². The van der Waals surface area contributed by atoms with Crippen molar-refractivity contribution in [3.8, 4) is 0 Å². The average molecular weight is 334 g/mol.